The zero-order valence-corrected chi connectivity index (χ0v) is 25.1. The minimum Gasteiger partial charge on any atom is -0.542 e. The van der Waals surface area contributed by atoms with E-state index < -0.39 is 17.7 Å². The summed E-state index contributed by atoms with van der Waals surface area (Å²) in [7, 11) is 0. The standard InChI is InChI=1S/C29H42N5O2.C2HF3O2/c1-29(2,3)36-28(35)23-34(22-25-7-5-4-6-8-25)19-13-27(14-20-34)33-17-15-32(16-18-33)26-11-9-24(10-12-26)21-31-30;3-2(4,5)1(6)7/h4-12,21,27H,13-20,22-23,30H2,1-3H3;(H,6,7)/q+1;/p-1/b31-21+;. The van der Waals surface area contributed by atoms with Crippen LogP contribution in [0.2, 0.25) is 0 Å². The predicted octanol–water partition coefficient (Wildman–Crippen LogP) is 2.92. The number of carboxylic acid groups (broad SMARTS) is 1. The number of hydrogen-bond acceptors (Lipinski definition) is 8. The van der Waals surface area contributed by atoms with Gasteiger partial charge in [-0.05, 0) is 38.5 Å². The number of hydrogen-bond donors (Lipinski definition) is 1. The summed E-state index contributed by atoms with van der Waals surface area (Å²) in [5.41, 5.74) is 3.11. The molecule has 0 amide bonds. The number of nitrogens with two attached hydrogens (primary N) is 1. The third kappa shape index (κ3) is 10.9. The van der Waals surface area contributed by atoms with Crippen LogP contribution in [0.3, 0.4) is 0 Å². The molecule has 0 spiro atoms. The van der Waals surface area contributed by atoms with E-state index in [1.165, 1.54) is 11.3 Å². The number of rotatable bonds is 7. The fraction of sp³-hybridized carbons (Fsp3) is 0.516. The van der Waals surface area contributed by atoms with Gasteiger partial charge in [-0.25, -0.2) is 4.79 Å². The molecule has 2 aliphatic rings. The SMILES string of the molecule is CC(C)(C)OC(=O)C[N+]1(Cc2ccccc2)CCC(N2CCN(c3ccc(/C=N/N)cc3)CC2)CC1.O=C([O-])C(F)(F)F. The maximum absolute atomic E-state index is 12.9. The molecule has 0 aromatic heterocycles. The number of piperazine rings is 1. The van der Waals surface area contributed by atoms with Gasteiger partial charge in [0, 0.05) is 56.3 Å². The molecular weight excluding hydrogens is 563 g/mol. The summed E-state index contributed by atoms with van der Waals surface area (Å²) in [6.45, 7) is 13.4. The predicted molar refractivity (Wildman–Crippen MR) is 157 cm³/mol. The number of benzene rings is 2. The third-order valence-electron chi connectivity index (χ3n) is 7.66. The first-order valence-electron chi connectivity index (χ1n) is 14.4. The van der Waals surface area contributed by atoms with Crippen LogP contribution in [0.15, 0.2) is 59.7 Å². The topological polar surface area (TPSA) is 111 Å². The first-order chi connectivity index (χ1) is 20.2. The molecule has 2 aromatic rings. The van der Waals surface area contributed by atoms with E-state index in [1.807, 2.05) is 20.8 Å². The van der Waals surface area contributed by atoms with Crippen LogP contribution in [0.1, 0.15) is 44.7 Å². The van der Waals surface area contributed by atoms with E-state index in [4.69, 9.17) is 20.5 Å². The van der Waals surface area contributed by atoms with Crippen molar-refractivity contribution in [2.75, 3.05) is 50.7 Å². The lowest BCUT2D eigenvalue weighted by Crippen LogP contribution is -2.60. The maximum atomic E-state index is 12.9. The largest absolute Gasteiger partial charge is 0.542 e. The molecule has 0 atom stereocenters. The van der Waals surface area contributed by atoms with E-state index in [2.05, 4.69) is 69.5 Å². The number of ether oxygens (including phenoxy) is 1. The van der Waals surface area contributed by atoms with E-state index in [0.717, 1.165) is 68.7 Å². The molecule has 9 nitrogen and oxygen atoms in total. The molecule has 2 heterocycles. The van der Waals surface area contributed by atoms with Crippen molar-refractivity contribution in [3.05, 3.63) is 65.7 Å². The molecule has 0 radical (unpaired) electrons. The Kier molecular flexibility index (Phi) is 11.6. The van der Waals surface area contributed by atoms with Gasteiger partial charge in [0.05, 0.1) is 19.3 Å². The van der Waals surface area contributed by atoms with Crippen LogP contribution < -0.4 is 15.8 Å². The smallest absolute Gasteiger partial charge is 0.430 e. The quantitative estimate of drug-likeness (QED) is 0.170. The summed E-state index contributed by atoms with van der Waals surface area (Å²) >= 11 is 0. The normalized spacial score (nSPS) is 21.6. The lowest BCUT2D eigenvalue weighted by molar-refractivity contribution is -0.939. The number of esters is 1. The monoisotopic (exact) mass is 605 g/mol. The number of carboxylic acids is 1. The van der Waals surface area contributed by atoms with Crippen LogP contribution in [-0.4, -0.2) is 91.2 Å². The zero-order valence-electron chi connectivity index (χ0n) is 25.1. The van der Waals surface area contributed by atoms with Crippen LogP contribution in [-0.2, 0) is 20.9 Å². The molecule has 0 bridgehead atoms. The Labute approximate surface area is 251 Å². The summed E-state index contributed by atoms with van der Waals surface area (Å²) < 4.78 is 38.1. The molecule has 12 heteroatoms. The van der Waals surface area contributed by atoms with Crippen molar-refractivity contribution in [1.82, 2.24) is 4.90 Å². The van der Waals surface area contributed by atoms with E-state index in [0.29, 0.717) is 12.6 Å². The molecule has 43 heavy (non-hydrogen) atoms. The average Bonchev–Trinajstić information content (AvgIpc) is 2.93. The number of nitrogens with zero attached hydrogens (tertiary/aromatic N) is 4. The molecule has 0 saturated carbocycles. The number of alkyl halides is 3. The number of piperidine rings is 1. The van der Waals surface area contributed by atoms with Crippen LogP contribution in [0.25, 0.3) is 0 Å². The van der Waals surface area contributed by atoms with Crippen molar-refractivity contribution in [2.24, 2.45) is 10.9 Å². The van der Waals surface area contributed by atoms with Gasteiger partial charge >= 0.3 is 12.1 Å². The maximum Gasteiger partial charge on any atom is 0.430 e. The van der Waals surface area contributed by atoms with Gasteiger partial charge in [-0.15, -0.1) is 0 Å². The van der Waals surface area contributed by atoms with Crippen molar-refractivity contribution in [3.63, 3.8) is 0 Å². The highest BCUT2D eigenvalue weighted by Crippen LogP contribution is 2.28. The summed E-state index contributed by atoms with van der Waals surface area (Å²) in [4.78, 5) is 26.8. The van der Waals surface area contributed by atoms with Crippen LogP contribution in [0, 0.1) is 0 Å². The van der Waals surface area contributed by atoms with Gasteiger partial charge in [-0.3, -0.25) is 4.90 Å². The highest BCUT2D eigenvalue weighted by Gasteiger charge is 2.39. The fourth-order valence-electron chi connectivity index (χ4n) is 5.66. The molecule has 2 aliphatic heterocycles. The van der Waals surface area contributed by atoms with Gasteiger partial charge in [0.15, 0.2) is 6.54 Å². The Balaban J connectivity index is 0.000000646. The second kappa shape index (κ2) is 14.7. The van der Waals surface area contributed by atoms with E-state index in [1.54, 1.807) is 6.21 Å². The second-order valence-corrected chi connectivity index (χ2v) is 12.1. The first-order valence-corrected chi connectivity index (χ1v) is 14.4. The number of halogens is 3. The number of anilines is 1. The van der Waals surface area contributed by atoms with Gasteiger partial charge < -0.3 is 29.9 Å². The molecule has 2 aromatic carbocycles. The van der Waals surface area contributed by atoms with Gasteiger partial charge in [0.25, 0.3) is 0 Å². The molecule has 236 valence electrons. The first kappa shape index (κ1) is 33.9. The Morgan fingerprint density at radius 2 is 1.56 bits per heavy atom. The van der Waals surface area contributed by atoms with Crippen molar-refractivity contribution in [1.29, 1.82) is 0 Å². The summed E-state index contributed by atoms with van der Waals surface area (Å²) in [5, 5.41) is 12.4. The second-order valence-electron chi connectivity index (χ2n) is 12.1. The van der Waals surface area contributed by atoms with Gasteiger partial charge in [-0.1, -0.05) is 42.5 Å². The number of carbonyl (C=O) groups excluding carboxylic acids is 2. The highest BCUT2D eigenvalue weighted by molar-refractivity contribution is 5.80. The summed E-state index contributed by atoms with van der Waals surface area (Å²) in [6, 6.07) is 19.6. The Morgan fingerprint density at radius 3 is 2.05 bits per heavy atom. The van der Waals surface area contributed by atoms with Crippen LogP contribution in [0.4, 0.5) is 18.9 Å². The number of carbonyl (C=O) groups is 2. The minimum atomic E-state index is -5.19. The number of aliphatic carboxylic acids is 1. The number of quaternary nitrogens is 1. The molecule has 4 rings (SSSR count). The summed E-state index contributed by atoms with van der Waals surface area (Å²) in [5.74, 6) is 2.16. The lowest BCUT2D eigenvalue weighted by Gasteiger charge is -2.47. The van der Waals surface area contributed by atoms with Crippen molar-refractivity contribution >= 4 is 23.8 Å². The Morgan fingerprint density at radius 1 is 1.00 bits per heavy atom. The summed E-state index contributed by atoms with van der Waals surface area (Å²) in [6.07, 6.45) is -1.30. The van der Waals surface area contributed by atoms with Crippen molar-refractivity contribution in [3.8, 4) is 0 Å². The number of likely N-dealkylation sites (tertiary alicyclic amines) is 1. The zero-order chi connectivity index (χ0) is 31.7. The fourth-order valence-corrected chi connectivity index (χ4v) is 5.66. The molecule has 2 fully saturated rings. The number of hydrazone groups is 1. The average molecular weight is 606 g/mol. The molecule has 2 saturated heterocycles. The van der Waals surface area contributed by atoms with E-state index in [9.17, 15) is 18.0 Å². The van der Waals surface area contributed by atoms with Gasteiger partial charge in [-0.2, -0.15) is 18.3 Å². The minimum absolute atomic E-state index is 0.0887. The molecule has 2 N–H and O–H groups in total. The van der Waals surface area contributed by atoms with Crippen molar-refractivity contribution < 1.29 is 37.1 Å². The Bertz CT molecular complexity index is 1200. The van der Waals surface area contributed by atoms with E-state index >= 15 is 0 Å². The molecular formula is C31H42F3N5O4. The van der Waals surface area contributed by atoms with Crippen molar-refractivity contribution in [2.45, 2.75) is 58.0 Å². The van der Waals surface area contributed by atoms with E-state index in [-0.39, 0.29) is 5.97 Å². The van der Waals surface area contributed by atoms with Gasteiger partial charge in [0.2, 0.25) is 0 Å². The highest BCUT2D eigenvalue weighted by atomic mass is 19.4. The molecule has 0 unspecified atom stereocenters. The Hall–Kier alpha value is -3.64. The van der Waals surface area contributed by atoms with Crippen LogP contribution >= 0.6 is 0 Å². The molecule has 0 aliphatic carbocycles. The van der Waals surface area contributed by atoms with Gasteiger partial charge in [0.1, 0.15) is 18.1 Å². The third-order valence-corrected chi connectivity index (χ3v) is 7.66. The van der Waals surface area contributed by atoms with Crippen LogP contribution in [0.5, 0.6) is 0 Å². The lowest BCUT2D eigenvalue weighted by atomic mass is 9.98.